The quantitative estimate of drug-likeness (QED) is 0.268. The number of amides is 2. The highest BCUT2D eigenvalue weighted by Gasteiger charge is 2.12. The van der Waals surface area contributed by atoms with Crippen LogP contribution >= 0.6 is 11.6 Å². The molecule has 9 heteroatoms. The minimum Gasteiger partial charge on any atom is -0.482 e. The van der Waals surface area contributed by atoms with Gasteiger partial charge in [0.2, 0.25) is 0 Å². The predicted octanol–water partition coefficient (Wildman–Crippen LogP) is 5.05. The number of nitrogens with one attached hydrogen (secondary N) is 2. The van der Waals surface area contributed by atoms with Crippen molar-refractivity contribution in [3.05, 3.63) is 113 Å². The molecule has 0 fully saturated rings. The molecule has 0 unspecified atom stereocenters. The maximum Gasteiger partial charge on any atom is 0.273 e. The van der Waals surface area contributed by atoms with Crippen molar-refractivity contribution >= 4 is 35.3 Å². The highest BCUT2D eigenvalue weighted by molar-refractivity contribution is 6.32. The SMILES string of the molecule is O=C(COc1ccc(C=NNC(=O)c2ccccc2-n2cccc2)cc1Cl)Nc1ccccc1F. The number of rotatable bonds is 8. The van der Waals surface area contributed by atoms with Crippen molar-refractivity contribution in [2.45, 2.75) is 0 Å². The number of hydrogen-bond acceptors (Lipinski definition) is 4. The van der Waals surface area contributed by atoms with Crippen LogP contribution < -0.4 is 15.5 Å². The summed E-state index contributed by atoms with van der Waals surface area (Å²) in [5.41, 5.74) is 4.39. The Morgan fingerprint density at radius 3 is 2.51 bits per heavy atom. The van der Waals surface area contributed by atoms with E-state index in [0.29, 0.717) is 11.1 Å². The first kappa shape index (κ1) is 23.7. The van der Waals surface area contributed by atoms with Gasteiger partial charge in [0.25, 0.3) is 11.8 Å². The van der Waals surface area contributed by atoms with Crippen LogP contribution in [0.15, 0.2) is 96.4 Å². The monoisotopic (exact) mass is 490 g/mol. The van der Waals surface area contributed by atoms with Gasteiger partial charge in [0.1, 0.15) is 11.6 Å². The van der Waals surface area contributed by atoms with Gasteiger partial charge in [-0.1, -0.05) is 35.9 Å². The number of benzene rings is 3. The molecule has 0 aliphatic heterocycles. The Hall–Kier alpha value is -4.43. The van der Waals surface area contributed by atoms with E-state index in [2.05, 4.69) is 15.8 Å². The van der Waals surface area contributed by atoms with E-state index in [1.54, 1.807) is 36.4 Å². The standard InChI is InChI=1S/C26H20ClFN4O3/c27-20-15-18(11-12-24(20)35-17-25(33)30-22-9-3-2-8-21(22)28)16-29-31-26(34)19-7-1-4-10-23(19)32-13-5-6-14-32/h1-16H,17H2,(H,30,33)(H,31,34). The molecule has 0 aliphatic carbocycles. The summed E-state index contributed by atoms with van der Waals surface area (Å²) in [5.74, 6) is -1.16. The van der Waals surface area contributed by atoms with Crippen LogP contribution in [0.2, 0.25) is 5.02 Å². The predicted molar refractivity (Wildman–Crippen MR) is 133 cm³/mol. The van der Waals surface area contributed by atoms with Crippen LogP contribution in [0.5, 0.6) is 5.75 Å². The molecule has 35 heavy (non-hydrogen) atoms. The second-order valence-corrected chi connectivity index (χ2v) is 7.72. The van der Waals surface area contributed by atoms with E-state index in [4.69, 9.17) is 16.3 Å². The Bertz CT molecular complexity index is 1370. The lowest BCUT2D eigenvalue weighted by Crippen LogP contribution is -2.20. The molecule has 4 aromatic rings. The Balaban J connectivity index is 1.34. The minimum absolute atomic E-state index is 0.0665. The highest BCUT2D eigenvalue weighted by Crippen LogP contribution is 2.25. The molecule has 1 aromatic heterocycles. The van der Waals surface area contributed by atoms with Crippen LogP contribution in [0.3, 0.4) is 0 Å². The van der Waals surface area contributed by atoms with E-state index < -0.39 is 11.7 Å². The van der Waals surface area contributed by atoms with Gasteiger partial charge in [-0.15, -0.1) is 0 Å². The van der Waals surface area contributed by atoms with Gasteiger partial charge in [-0.05, 0) is 60.2 Å². The lowest BCUT2D eigenvalue weighted by Gasteiger charge is -2.10. The third kappa shape index (κ3) is 6.13. The van der Waals surface area contributed by atoms with Crippen molar-refractivity contribution in [3.8, 4) is 11.4 Å². The lowest BCUT2D eigenvalue weighted by atomic mass is 10.1. The number of ether oxygens (including phenoxy) is 1. The molecule has 0 bridgehead atoms. The largest absolute Gasteiger partial charge is 0.482 e. The van der Waals surface area contributed by atoms with Gasteiger partial charge < -0.3 is 14.6 Å². The van der Waals surface area contributed by atoms with Gasteiger partial charge in [0.05, 0.1) is 28.2 Å². The van der Waals surface area contributed by atoms with E-state index in [-0.39, 0.29) is 29.0 Å². The molecule has 0 atom stereocenters. The highest BCUT2D eigenvalue weighted by atomic mass is 35.5. The maximum atomic E-state index is 13.6. The fourth-order valence-corrected chi connectivity index (χ4v) is 3.46. The molecule has 176 valence electrons. The number of anilines is 1. The summed E-state index contributed by atoms with van der Waals surface area (Å²) in [4.78, 5) is 24.7. The second-order valence-electron chi connectivity index (χ2n) is 7.31. The van der Waals surface area contributed by atoms with Crippen molar-refractivity contribution in [3.63, 3.8) is 0 Å². The molecule has 0 spiro atoms. The zero-order chi connectivity index (χ0) is 24.6. The smallest absolute Gasteiger partial charge is 0.273 e. The van der Waals surface area contributed by atoms with Gasteiger partial charge in [-0.3, -0.25) is 9.59 Å². The number of hydrazone groups is 1. The number of carbonyl (C=O) groups excluding carboxylic acids is 2. The molecular weight excluding hydrogens is 471 g/mol. The molecule has 2 amide bonds. The molecule has 1 heterocycles. The second kappa shape index (κ2) is 11.1. The van der Waals surface area contributed by atoms with E-state index in [9.17, 15) is 14.0 Å². The fraction of sp³-hybridized carbons (Fsp3) is 0.0385. The number of hydrogen-bond donors (Lipinski definition) is 2. The summed E-state index contributed by atoms with van der Waals surface area (Å²) in [6, 6.07) is 21.6. The molecule has 3 aromatic carbocycles. The van der Waals surface area contributed by atoms with Gasteiger partial charge in [0.15, 0.2) is 6.61 Å². The minimum atomic E-state index is -0.539. The molecule has 0 saturated carbocycles. The Labute approximate surface area is 205 Å². The van der Waals surface area contributed by atoms with E-state index in [1.807, 2.05) is 41.2 Å². The lowest BCUT2D eigenvalue weighted by molar-refractivity contribution is -0.118. The molecule has 2 N–H and O–H groups in total. The van der Waals surface area contributed by atoms with Crippen molar-refractivity contribution in [1.29, 1.82) is 0 Å². The number of carbonyl (C=O) groups is 2. The molecule has 7 nitrogen and oxygen atoms in total. The first-order valence-electron chi connectivity index (χ1n) is 10.5. The number of aromatic nitrogens is 1. The topological polar surface area (TPSA) is 84.7 Å². The van der Waals surface area contributed by atoms with Crippen LogP contribution in [-0.2, 0) is 4.79 Å². The Kier molecular flexibility index (Phi) is 7.54. The summed E-state index contributed by atoms with van der Waals surface area (Å²) in [5, 5.41) is 6.69. The third-order valence-electron chi connectivity index (χ3n) is 4.87. The first-order valence-corrected chi connectivity index (χ1v) is 10.9. The molecule has 0 saturated heterocycles. The van der Waals surface area contributed by atoms with E-state index in [1.165, 1.54) is 24.4 Å². The number of halogens is 2. The normalized spacial score (nSPS) is 10.8. The van der Waals surface area contributed by atoms with Gasteiger partial charge >= 0.3 is 0 Å². The molecule has 4 rings (SSSR count). The van der Waals surface area contributed by atoms with Crippen molar-refractivity contribution in [1.82, 2.24) is 9.99 Å². The number of para-hydroxylation sites is 2. The van der Waals surface area contributed by atoms with Gasteiger partial charge in [-0.2, -0.15) is 5.10 Å². The van der Waals surface area contributed by atoms with Gasteiger partial charge in [0, 0.05) is 12.4 Å². The zero-order valence-electron chi connectivity index (χ0n) is 18.3. The molecule has 0 aliphatic rings. The maximum absolute atomic E-state index is 13.6. The van der Waals surface area contributed by atoms with Gasteiger partial charge in [-0.25, -0.2) is 9.82 Å². The van der Waals surface area contributed by atoms with Crippen LogP contribution in [0.4, 0.5) is 10.1 Å². The van der Waals surface area contributed by atoms with Crippen molar-refractivity contribution in [2.24, 2.45) is 5.10 Å². The molecule has 0 radical (unpaired) electrons. The van der Waals surface area contributed by atoms with Crippen LogP contribution in [-0.4, -0.2) is 29.2 Å². The van der Waals surface area contributed by atoms with Crippen LogP contribution in [0, 0.1) is 5.82 Å². The summed E-state index contributed by atoms with van der Waals surface area (Å²) >= 11 is 6.24. The zero-order valence-corrected chi connectivity index (χ0v) is 19.1. The van der Waals surface area contributed by atoms with E-state index in [0.717, 1.165) is 5.69 Å². The van der Waals surface area contributed by atoms with Crippen LogP contribution in [0.1, 0.15) is 15.9 Å². The fourth-order valence-electron chi connectivity index (χ4n) is 3.22. The van der Waals surface area contributed by atoms with Crippen molar-refractivity contribution < 1.29 is 18.7 Å². The number of nitrogens with zero attached hydrogens (tertiary/aromatic N) is 2. The summed E-state index contributed by atoms with van der Waals surface area (Å²) in [6.45, 7) is -0.349. The average Bonchev–Trinajstić information content (AvgIpc) is 3.40. The summed E-state index contributed by atoms with van der Waals surface area (Å²) < 4.78 is 20.9. The Morgan fingerprint density at radius 2 is 1.74 bits per heavy atom. The summed E-state index contributed by atoms with van der Waals surface area (Å²) in [7, 11) is 0. The first-order chi connectivity index (χ1) is 17.0. The molecular formula is C26H20ClFN4O3. The third-order valence-corrected chi connectivity index (χ3v) is 5.17. The van der Waals surface area contributed by atoms with E-state index >= 15 is 0 Å². The average molecular weight is 491 g/mol. The van der Waals surface area contributed by atoms with Crippen molar-refractivity contribution in [2.75, 3.05) is 11.9 Å². The van der Waals surface area contributed by atoms with Crippen LogP contribution in [0.25, 0.3) is 5.69 Å². The Morgan fingerprint density at radius 1 is 1.00 bits per heavy atom. The summed E-state index contributed by atoms with van der Waals surface area (Å²) in [6.07, 6.45) is 5.14.